The maximum absolute atomic E-state index is 13.0. The molecule has 1 N–H and O–H groups in total. The minimum atomic E-state index is -0.639. The molecule has 0 saturated heterocycles. The number of aromatic nitrogens is 1. The number of rotatable bonds is 12. The van der Waals surface area contributed by atoms with Crippen LogP contribution in [0, 0.1) is 13.8 Å². The van der Waals surface area contributed by atoms with Crippen molar-refractivity contribution in [2.75, 3.05) is 7.11 Å². The molecular weight excluding hydrogens is 536 g/mol. The van der Waals surface area contributed by atoms with Crippen LogP contribution in [-0.4, -0.2) is 29.2 Å². The minimum Gasteiger partial charge on any atom is -0.497 e. The number of benzene rings is 2. The summed E-state index contributed by atoms with van der Waals surface area (Å²) in [5.74, 6) is 0.127. The third-order valence-electron chi connectivity index (χ3n) is 6.99. The number of nitrogens with one attached hydrogen (secondary N) is 1. The Morgan fingerprint density at radius 2 is 1.74 bits per heavy atom. The molecule has 224 valence electrons. The monoisotopic (exact) mass is 578 g/mol. The Bertz CT molecular complexity index is 1660. The maximum atomic E-state index is 13.0. The van der Waals surface area contributed by atoms with Crippen LogP contribution in [0.4, 0.5) is 0 Å². The number of fused-ring (bicyclic) bond motifs is 1. The number of ether oxygens (including phenoxy) is 2. The molecule has 0 fully saturated rings. The van der Waals surface area contributed by atoms with E-state index in [4.69, 9.17) is 9.47 Å². The van der Waals surface area contributed by atoms with Crippen molar-refractivity contribution in [2.45, 2.75) is 53.3 Å². The van der Waals surface area contributed by atoms with Crippen molar-refractivity contribution in [3.05, 3.63) is 138 Å². The minimum absolute atomic E-state index is 0.142. The predicted octanol–water partition coefficient (Wildman–Crippen LogP) is 7.88. The van der Waals surface area contributed by atoms with Gasteiger partial charge in [0.15, 0.2) is 0 Å². The summed E-state index contributed by atoms with van der Waals surface area (Å²) >= 11 is 0. The first-order chi connectivity index (χ1) is 20.2. The largest absolute Gasteiger partial charge is 0.497 e. The summed E-state index contributed by atoms with van der Waals surface area (Å²) in [5, 5.41) is 4.01. The Morgan fingerprint density at radius 1 is 1.02 bits per heavy atom. The van der Waals surface area contributed by atoms with Gasteiger partial charge in [0.25, 0.3) is 5.91 Å². The summed E-state index contributed by atoms with van der Waals surface area (Å²) < 4.78 is 13.0. The third kappa shape index (κ3) is 8.35. The summed E-state index contributed by atoms with van der Waals surface area (Å²) in [5.41, 5.74) is 6.27. The molecule has 43 heavy (non-hydrogen) atoms. The van der Waals surface area contributed by atoms with E-state index in [0.29, 0.717) is 35.4 Å². The lowest BCUT2D eigenvalue weighted by molar-refractivity contribution is -0.149. The van der Waals surface area contributed by atoms with Crippen LogP contribution in [0.5, 0.6) is 5.75 Å². The van der Waals surface area contributed by atoms with Gasteiger partial charge in [0.2, 0.25) is 0 Å². The van der Waals surface area contributed by atoms with Gasteiger partial charge in [-0.2, -0.15) is 0 Å². The van der Waals surface area contributed by atoms with Gasteiger partial charge < -0.3 is 19.4 Å². The van der Waals surface area contributed by atoms with Gasteiger partial charge in [0, 0.05) is 35.2 Å². The zero-order valence-corrected chi connectivity index (χ0v) is 26.2. The van der Waals surface area contributed by atoms with Crippen LogP contribution in [0.1, 0.15) is 48.0 Å². The fourth-order valence-electron chi connectivity index (χ4n) is 4.55. The third-order valence-corrected chi connectivity index (χ3v) is 6.99. The highest BCUT2D eigenvalue weighted by Gasteiger charge is 2.22. The first-order valence-corrected chi connectivity index (χ1v) is 14.1. The smallest absolute Gasteiger partial charge is 0.339 e. The molecule has 6 heteroatoms. The SMILES string of the molecule is C=C/C=C(\C(=C)C(=C)/C=C\C(=C)Cn1c(C)c(C)c2cc(C(=O)NCc3cccc(OC)c3)ccc21)C(=O)OC(C)(C)C. The maximum Gasteiger partial charge on any atom is 0.339 e. The van der Waals surface area contributed by atoms with E-state index in [9.17, 15) is 9.59 Å². The summed E-state index contributed by atoms with van der Waals surface area (Å²) in [4.78, 5) is 25.7. The predicted molar refractivity (Wildman–Crippen MR) is 176 cm³/mol. The molecule has 3 aromatic rings. The van der Waals surface area contributed by atoms with E-state index < -0.39 is 11.6 Å². The number of aryl methyl sites for hydroxylation is 1. The van der Waals surface area contributed by atoms with Crippen LogP contribution in [-0.2, 0) is 22.6 Å². The quantitative estimate of drug-likeness (QED) is 0.135. The Morgan fingerprint density at radius 3 is 2.40 bits per heavy atom. The molecular formula is C37H42N2O4. The van der Waals surface area contributed by atoms with E-state index >= 15 is 0 Å². The molecule has 1 heterocycles. The van der Waals surface area contributed by atoms with Crippen LogP contribution in [0.2, 0.25) is 0 Å². The van der Waals surface area contributed by atoms with E-state index in [1.165, 1.54) is 6.08 Å². The van der Waals surface area contributed by atoms with Crippen molar-refractivity contribution < 1.29 is 19.1 Å². The Labute approximate surface area is 255 Å². The number of amides is 1. The highest BCUT2D eigenvalue weighted by molar-refractivity contribution is 5.99. The summed E-state index contributed by atoms with van der Waals surface area (Å²) in [6.45, 7) is 26.6. The van der Waals surface area contributed by atoms with Gasteiger partial charge in [0.05, 0.1) is 12.7 Å². The number of nitrogens with zero attached hydrogens (tertiary/aromatic N) is 1. The number of allylic oxidation sites excluding steroid dienone is 6. The molecule has 0 spiro atoms. The first kappa shape index (κ1) is 32.7. The molecule has 6 nitrogen and oxygen atoms in total. The lowest BCUT2D eigenvalue weighted by atomic mass is 9.99. The molecule has 0 aliphatic rings. The second-order valence-electron chi connectivity index (χ2n) is 11.4. The number of hydrogen-bond acceptors (Lipinski definition) is 4. The Hall–Kier alpha value is -4.84. The molecule has 0 saturated carbocycles. The molecule has 0 aliphatic heterocycles. The highest BCUT2D eigenvalue weighted by Crippen LogP contribution is 2.28. The molecule has 1 aromatic heterocycles. The fraction of sp³-hybridized carbons (Fsp3) is 0.243. The lowest BCUT2D eigenvalue weighted by Crippen LogP contribution is -2.25. The average Bonchev–Trinajstić information content (AvgIpc) is 3.20. The average molecular weight is 579 g/mol. The lowest BCUT2D eigenvalue weighted by Gasteiger charge is -2.21. The molecule has 2 aromatic carbocycles. The number of methoxy groups -OCH3 is 1. The second-order valence-corrected chi connectivity index (χ2v) is 11.4. The number of esters is 1. The molecule has 0 radical (unpaired) electrons. The standard InChI is InChI=1S/C37H42N2O4/c1-11-13-32(36(41)43-37(7,8)9)26(4)25(3)17-16-24(2)23-39-28(6)27(5)33-21-30(18-19-34(33)39)35(40)38-22-29-14-12-15-31(20-29)42-10/h11-21H,1-4,22-23H2,5-10H3,(H,38,40)/b17-16-,32-13+. The van der Waals surface area contributed by atoms with Crippen LogP contribution in [0.3, 0.4) is 0 Å². The van der Waals surface area contributed by atoms with E-state index in [1.807, 2.05) is 69.3 Å². The van der Waals surface area contributed by atoms with E-state index in [0.717, 1.165) is 39.0 Å². The van der Waals surface area contributed by atoms with Crippen molar-refractivity contribution in [2.24, 2.45) is 0 Å². The van der Waals surface area contributed by atoms with E-state index in [-0.39, 0.29) is 5.91 Å². The molecule has 1 amide bonds. The molecule has 0 aliphatic carbocycles. The van der Waals surface area contributed by atoms with Gasteiger partial charge in [-0.1, -0.05) is 56.7 Å². The van der Waals surface area contributed by atoms with Crippen LogP contribution < -0.4 is 10.1 Å². The Kier molecular flexibility index (Phi) is 10.5. The number of carbonyl (C=O) groups excluding carboxylic acids is 2. The summed E-state index contributed by atoms with van der Waals surface area (Å²) in [6, 6.07) is 13.4. The zero-order chi connectivity index (χ0) is 31.9. The van der Waals surface area contributed by atoms with Crippen LogP contribution in [0.15, 0.2) is 115 Å². The van der Waals surface area contributed by atoms with Gasteiger partial charge >= 0.3 is 5.97 Å². The fourth-order valence-corrected chi connectivity index (χ4v) is 4.55. The number of hydrogen-bond donors (Lipinski definition) is 1. The topological polar surface area (TPSA) is 69.6 Å². The summed E-state index contributed by atoms with van der Waals surface area (Å²) in [7, 11) is 1.62. The molecule has 3 rings (SSSR count). The molecule has 0 atom stereocenters. The molecule has 0 unspecified atom stereocenters. The van der Waals surface area contributed by atoms with Crippen molar-refractivity contribution in [1.82, 2.24) is 9.88 Å². The van der Waals surface area contributed by atoms with Gasteiger partial charge in [0.1, 0.15) is 11.4 Å². The van der Waals surface area contributed by atoms with Crippen LogP contribution in [0.25, 0.3) is 10.9 Å². The van der Waals surface area contributed by atoms with Crippen molar-refractivity contribution in [3.63, 3.8) is 0 Å². The highest BCUT2D eigenvalue weighted by atomic mass is 16.6. The molecule has 0 bridgehead atoms. The normalized spacial score (nSPS) is 11.8. The van der Waals surface area contributed by atoms with Crippen molar-refractivity contribution in [1.29, 1.82) is 0 Å². The zero-order valence-electron chi connectivity index (χ0n) is 26.2. The second kappa shape index (κ2) is 13.9. The van der Waals surface area contributed by atoms with Gasteiger partial charge in [-0.3, -0.25) is 4.79 Å². The van der Waals surface area contributed by atoms with Crippen molar-refractivity contribution >= 4 is 22.8 Å². The van der Waals surface area contributed by atoms with Gasteiger partial charge in [-0.25, -0.2) is 4.79 Å². The van der Waals surface area contributed by atoms with Crippen molar-refractivity contribution in [3.8, 4) is 5.75 Å². The van der Waals surface area contributed by atoms with E-state index in [1.54, 1.807) is 19.3 Å². The van der Waals surface area contributed by atoms with E-state index in [2.05, 4.69) is 50.0 Å². The van der Waals surface area contributed by atoms with Gasteiger partial charge in [-0.15, -0.1) is 0 Å². The Balaban J connectivity index is 1.73. The number of carbonyl (C=O) groups is 2. The first-order valence-electron chi connectivity index (χ1n) is 14.1. The van der Waals surface area contributed by atoms with Crippen LogP contribution >= 0.6 is 0 Å². The summed E-state index contributed by atoms with van der Waals surface area (Å²) in [6.07, 6.45) is 6.77. The van der Waals surface area contributed by atoms with Gasteiger partial charge in [-0.05, 0) is 98.9 Å².